The molecule has 0 aliphatic heterocycles. The summed E-state index contributed by atoms with van der Waals surface area (Å²) in [6, 6.07) is 10.1. The lowest BCUT2D eigenvalue weighted by molar-refractivity contribution is -0.385. The maximum absolute atomic E-state index is 12.3. The van der Waals surface area contributed by atoms with Gasteiger partial charge in [-0.3, -0.25) is 10.1 Å². The maximum atomic E-state index is 12.3. The van der Waals surface area contributed by atoms with E-state index in [-0.39, 0.29) is 28.5 Å². The van der Waals surface area contributed by atoms with Crippen molar-refractivity contribution >= 4 is 11.7 Å². The van der Waals surface area contributed by atoms with Crippen molar-refractivity contribution in [2.24, 2.45) is 0 Å². The first-order valence-electron chi connectivity index (χ1n) is 7.21. The van der Waals surface area contributed by atoms with E-state index < -0.39 is 10.9 Å². The summed E-state index contributed by atoms with van der Waals surface area (Å²) in [6.07, 6.45) is 0. The van der Waals surface area contributed by atoms with Crippen molar-refractivity contribution in [1.29, 1.82) is 5.26 Å². The molecule has 0 heterocycles. The zero-order valence-corrected chi connectivity index (χ0v) is 13.5. The van der Waals surface area contributed by atoms with Gasteiger partial charge in [-0.2, -0.15) is 5.26 Å². The molecule has 128 valence electrons. The number of nitro benzene ring substituents is 1. The first kappa shape index (κ1) is 17.7. The number of nitrogens with zero attached hydrogens (tertiary/aromatic N) is 2. The minimum absolute atomic E-state index is 0.0145. The lowest BCUT2D eigenvalue weighted by Gasteiger charge is -2.11. The van der Waals surface area contributed by atoms with Crippen molar-refractivity contribution in [3.8, 4) is 23.3 Å². The Morgan fingerprint density at radius 3 is 2.52 bits per heavy atom. The number of carbonyl (C=O) groups is 1. The Hall–Kier alpha value is -3.60. The van der Waals surface area contributed by atoms with Crippen LogP contribution in [0.5, 0.6) is 17.2 Å². The topological polar surface area (TPSA) is 112 Å². The minimum Gasteiger partial charge on any atom is -0.490 e. The summed E-state index contributed by atoms with van der Waals surface area (Å²) < 4.78 is 15.5. The number of carbonyl (C=O) groups excluding carboxylic acids is 1. The van der Waals surface area contributed by atoms with Gasteiger partial charge in [-0.25, -0.2) is 4.79 Å². The van der Waals surface area contributed by atoms with Crippen LogP contribution in [0.2, 0.25) is 0 Å². The summed E-state index contributed by atoms with van der Waals surface area (Å²) in [5.74, 6) is -0.409. The fourth-order valence-electron chi connectivity index (χ4n) is 2.05. The van der Waals surface area contributed by atoms with Crippen LogP contribution in [0.3, 0.4) is 0 Å². The SMILES string of the molecule is CCOc1cc(C#N)ccc1OC(=O)c1ccc(OC)c([N+](=O)[O-])c1. The lowest BCUT2D eigenvalue weighted by atomic mass is 10.2. The highest BCUT2D eigenvalue weighted by Crippen LogP contribution is 2.31. The van der Waals surface area contributed by atoms with Crippen LogP contribution < -0.4 is 14.2 Å². The van der Waals surface area contributed by atoms with Crippen LogP contribution >= 0.6 is 0 Å². The molecular weight excluding hydrogens is 328 g/mol. The van der Waals surface area contributed by atoms with Gasteiger partial charge in [-0.05, 0) is 31.2 Å². The Labute approximate surface area is 143 Å². The van der Waals surface area contributed by atoms with Crippen LogP contribution in [-0.4, -0.2) is 24.6 Å². The summed E-state index contributed by atoms with van der Waals surface area (Å²) in [7, 11) is 1.30. The van der Waals surface area contributed by atoms with Gasteiger partial charge in [-0.1, -0.05) is 0 Å². The summed E-state index contributed by atoms with van der Waals surface area (Å²) >= 11 is 0. The van der Waals surface area contributed by atoms with Gasteiger partial charge in [0, 0.05) is 12.1 Å². The number of esters is 1. The van der Waals surface area contributed by atoms with Gasteiger partial charge in [0.1, 0.15) is 0 Å². The highest BCUT2D eigenvalue weighted by atomic mass is 16.6. The number of methoxy groups -OCH3 is 1. The molecule has 2 aromatic carbocycles. The zero-order valence-electron chi connectivity index (χ0n) is 13.5. The average molecular weight is 342 g/mol. The van der Waals surface area contributed by atoms with Crippen LogP contribution in [0.25, 0.3) is 0 Å². The molecule has 2 aromatic rings. The predicted octanol–water partition coefficient (Wildman–Crippen LogP) is 3.09. The van der Waals surface area contributed by atoms with E-state index >= 15 is 0 Å². The molecule has 0 fully saturated rings. The molecule has 0 bridgehead atoms. The molecule has 0 aliphatic rings. The molecule has 0 unspecified atom stereocenters. The lowest BCUT2D eigenvalue weighted by Crippen LogP contribution is -2.10. The molecule has 25 heavy (non-hydrogen) atoms. The summed E-state index contributed by atoms with van der Waals surface area (Å²) in [6.45, 7) is 2.06. The molecule has 0 atom stereocenters. The maximum Gasteiger partial charge on any atom is 0.343 e. The molecule has 8 nitrogen and oxygen atoms in total. The van der Waals surface area contributed by atoms with E-state index in [4.69, 9.17) is 19.5 Å². The minimum atomic E-state index is -0.795. The van der Waals surface area contributed by atoms with E-state index in [1.54, 1.807) is 6.92 Å². The molecule has 0 N–H and O–H groups in total. The van der Waals surface area contributed by atoms with Crippen LogP contribution in [0.4, 0.5) is 5.69 Å². The first-order valence-corrected chi connectivity index (χ1v) is 7.21. The number of nitro groups is 1. The highest BCUT2D eigenvalue weighted by Gasteiger charge is 2.20. The molecule has 0 radical (unpaired) electrons. The molecule has 0 aliphatic carbocycles. The molecule has 0 saturated heterocycles. The second-order valence-electron chi connectivity index (χ2n) is 4.74. The number of nitriles is 1. The Kier molecular flexibility index (Phi) is 5.53. The molecule has 0 amide bonds. The standard InChI is InChI=1S/C17H14N2O6/c1-3-24-16-8-11(10-18)4-6-15(16)25-17(20)12-5-7-14(23-2)13(9-12)19(21)22/h4-9H,3H2,1-2H3. The van der Waals surface area contributed by atoms with Crippen LogP contribution in [-0.2, 0) is 0 Å². The van der Waals surface area contributed by atoms with Gasteiger partial charge < -0.3 is 14.2 Å². The third-order valence-corrected chi connectivity index (χ3v) is 3.19. The van der Waals surface area contributed by atoms with Crippen LogP contribution in [0.15, 0.2) is 36.4 Å². The van der Waals surface area contributed by atoms with Crippen LogP contribution in [0.1, 0.15) is 22.8 Å². The van der Waals surface area contributed by atoms with Crippen molar-refractivity contribution in [3.05, 3.63) is 57.6 Å². The van der Waals surface area contributed by atoms with E-state index in [1.165, 1.54) is 37.4 Å². The average Bonchev–Trinajstić information content (AvgIpc) is 2.62. The molecule has 8 heteroatoms. The quantitative estimate of drug-likeness (QED) is 0.343. The molecule has 0 saturated carbocycles. The molecule has 2 rings (SSSR count). The van der Waals surface area contributed by atoms with Gasteiger partial charge in [0.25, 0.3) is 0 Å². The number of ether oxygens (including phenoxy) is 3. The van der Waals surface area contributed by atoms with Gasteiger partial charge in [-0.15, -0.1) is 0 Å². The number of hydrogen-bond donors (Lipinski definition) is 0. The summed E-state index contributed by atoms with van der Waals surface area (Å²) in [4.78, 5) is 22.7. The molecular formula is C17H14N2O6. The van der Waals surface area contributed by atoms with Crippen molar-refractivity contribution in [1.82, 2.24) is 0 Å². The third-order valence-electron chi connectivity index (χ3n) is 3.19. The third kappa shape index (κ3) is 4.03. The van der Waals surface area contributed by atoms with Gasteiger partial charge >= 0.3 is 11.7 Å². The van der Waals surface area contributed by atoms with E-state index in [2.05, 4.69) is 0 Å². The summed E-state index contributed by atoms with van der Waals surface area (Å²) in [5.41, 5.74) is -0.00977. The molecule has 0 aromatic heterocycles. The predicted molar refractivity (Wildman–Crippen MR) is 86.9 cm³/mol. The smallest absolute Gasteiger partial charge is 0.343 e. The normalized spacial score (nSPS) is 9.80. The van der Waals surface area contributed by atoms with Gasteiger partial charge in [0.2, 0.25) is 0 Å². The van der Waals surface area contributed by atoms with Gasteiger partial charge in [0.15, 0.2) is 17.2 Å². The number of hydrogen-bond acceptors (Lipinski definition) is 7. The Morgan fingerprint density at radius 1 is 1.20 bits per heavy atom. The Morgan fingerprint density at radius 2 is 1.92 bits per heavy atom. The van der Waals surface area contributed by atoms with Gasteiger partial charge in [0.05, 0.1) is 35.8 Å². The summed E-state index contributed by atoms with van der Waals surface area (Å²) in [5, 5.41) is 20.0. The van der Waals surface area contributed by atoms with E-state index in [0.29, 0.717) is 12.2 Å². The van der Waals surface area contributed by atoms with Crippen molar-refractivity contribution in [2.75, 3.05) is 13.7 Å². The van der Waals surface area contributed by atoms with Crippen LogP contribution in [0, 0.1) is 21.4 Å². The fraction of sp³-hybridized carbons (Fsp3) is 0.176. The zero-order chi connectivity index (χ0) is 18.4. The van der Waals surface area contributed by atoms with Crippen molar-refractivity contribution in [2.45, 2.75) is 6.92 Å². The molecule has 0 spiro atoms. The first-order chi connectivity index (χ1) is 12.0. The van der Waals surface area contributed by atoms with Crippen molar-refractivity contribution in [3.63, 3.8) is 0 Å². The fourth-order valence-corrected chi connectivity index (χ4v) is 2.05. The number of rotatable bonds is 6. The Bertz CT molecular complexity index is 857. The number of benzene rings is 2. The second-order valence-corrected chi connectivity index (χ2v) is 4.74. The highest BCUT2D eigenvalue weighted by molar-refractivity contribution is 5.92. The second kappa shape index (κ2) is 7.79. The van der Waals surface area contributed by atoms with E-state index in [9.17, 15) is 14.9 Å². The van der Waals surface area contributed by atoms with E-state index in [0.717, 1.165) is 6.07 Å². The monoisotopic (exact) mass is 342 g/mol. The van der Waals surface area contributed by atoms with E-state index in [1.807, 2.05) is 6.07 Å². The Balaban J connectivity index is 2.33. The van der Waals surface area contributed by atoms with Crippen molar-refractivity contribution < 1.29 is 23.9 Å². The largest absolute Gasteiger partial charge is 0.490 e.